The van der Waals surface area contributed by atoms with Crippen molar-refractivity contribution in [3.05, 3.63) is 5.82 Å². The van der Waals surface area contributed by atoms with Gasteiger partial charge in [0, 0.05) is 13.7 Å². The molecule has 2 fully saturated rings. The van der Waals surface area contributed by atoms with Crippen LogP contribution < -0.4 is 0 Å². The Morgan fingerprint density at radius 1 is 1.32 bits per heavy atom. The minimum absolute atomic E-state index is 0.267. The summed E-state index contributed by atoms with van der Waals surface area (Å²) in [7, 11) is 1.58. The molecule has 19 heavy (non-hydrogen) atoms. The SMILES string of the molecule is CCn1nnnc1[C@H]1O[C@@H](OC)[C@@H]2OC(C)(C)O[C@@H]21. The summed E-state index contributed by atoms with van der Waals surface area (Å²) in [5.41, 5.74) is 0. The van der Waals surface area contributed by atoms with E-state index in [9.17, 15) is 0 Å². The van der Waals surface area contributed by atoms with Crippen LogP contribution in [0.5, 0.6) is 0 Å². The maximum Gasteiger partial charge on any atom is 0.187 e. The van der Waals surface area contributed by atoms with Gasteiger partial charge in [0.1, 0.15) is 12.2 Å². The van der Waals surface area contributed by atoms with Gasteiger partial charge in [0.25, 0.3) is 0 Å². The van der Waals surface area contributed by atoms with E-state index in [-0.39, 0.29) is 18.3 Å². The number of aromatic nitrogens is 4. The van der Waals surface area contributed by atoms with Crippen molar-refractivity contribution in [3.63, 3.8) is 0 Å². The summed E-state index contributed by atoms with van der Waals surface area (Å²) in [6.45, 7) is 6.38. The molecule has 0 N–H and O–H groups in total. The Hall–Kier alpha value is -1.09. The van der Waals surface area contributed by atoms with Crippen molar-refractivity contribution in [1.82, 2.24) is 20.2 Å². The summed E-state index contributed by atoms with van der Waals surface area (Å²) < 4.78 is 24.6. The number of aryl methyl sites for hydroxylation is 1. The smallest absolute Gasteiger partial charge is 0.187 e. The number of ether oxygens (including phenoxy) is 4. The quantitative estimate of drug-likeness (QED) is 0.779. The van der Waals surface area contributed by atoms with E-state index in [1.807, 2.05) is 20.8 Å². The van der Waals surface area contributed by atoms with Crippen LogP contribution in [0.15, 0.2) is 0 Å². The molecule has 0 bridgehead atoms. The summed E-state index contributed by atoms with van der Waals surface area (Å²) in [6.07, 6.45) is -1.39. The summed E-state index contributed by atoms with van der Waals surface area (Å²) in [5, 5.41) is 11.6. The highest BCUT2D eigenvalue weighted by Gasteiger charge is 2.57. The first-order valence-electron chi connectivity index (χ1n) is 6.35. The number of hydrogen-bond acceptors (Lipinski definition) is 7. The Morgan fingerprint density at radius 2 is 2.05 bits per heavy atom. The van der Waals surface area contributed by atoms with Crippen molar-refractivity contribution < 1.29 is 18.9 Å². The summed E-state index contributed by atoms with van der Waals surface area (Å²) in [6, 6.07) is 0. The molecular weight excluding hydrogens is 252 g/mol. The van der Waals surface area contributed by atoms with Crippen molar-refractivity contribution in [1.29, 1.82) is 0 Å². The third-order valence-electron chi connectivity index (χ3n) is 3.36. The lowest BCUT2D eigenvalue weighted by atomic mass is 10.1. The summed E-state index contributed by atoms with van der Waals surface area (Å²) in [4.78, 5) is 0. The average Bonchev–Trinajstić information content (AvgIpc) is 3.00. The van der Waals surface area contributed by atoms with Crippen molar-refractivity contribution in [3.8, 4) is 0 Å². The van der Waals surface area contributed by atoms with Gasteiger partial charge >= 0.3 is 0 Å². The Kier molecular flexibility index (Phi) is 3.05. The van der Waals surface area contributed by atoms with Gasteiger partial charge in [-0.1, -0.05) is 0 Å². The molecule has 0 unspecified atom stereocenters. The molecule has 8 nitrogen and oxygen atoms in total. The van der Waals surface area contributed by atoms with Crippen LogP contribution in [0.4, 0.5) is 0 Å². The van der Waals surface area contributed by atoms with E-state index in [1.54, 1.807) is 11.8 Å². The fourth-order valence-corrected chi connectivity index (χ4v) is 2.60. The number of tetrazole rings is 1. The first-order valence-corrected chi connectivity index (χ1v) is 6.35. The first kappa shape index (κ1) is 12.9. The minimum Gasteiger partial charge on any atom is -0.353 e. The van der Waals surface area contributed by atoms with Crippen LogP contribution >= 0.6 is 0 Å². The van der Waals surface area contributed by atoms with Crippen LogP contribution in [-0.2, 0) is 25.5 Å². The molecule has 106 valence electrons. The molecule has 0 amide bonds. The number of rotatable bonds is 3. The second kappa shape index (κ2) is 4.48. The fourth-order valence-electron chi connectivity index (χ4n) is 2.60. The maximum absolute atomic E-state index is 5.90. The second-order valence-electron chi connectivity index (χ2n) is 5.08. The van der Waals surface area contributed by atoms with E-state index in [4.69, 9.17) is 18.9 Å². The molecule has 0 aliphatic carbocycles. The number of nitrogens with zero attached hydrogens (tertiary/aromatic N) is 4. The van der Waals surface area contributed by atoms with E-state index in [2.05, 4.69) is 15.5 Å². The average molecular weight is 270 g/mol. The van der Waals surface area contributed by atoms with Crippen molar-refractivity contribution >= 4 is 0 Å². The highest BCUT2D eigenvalue weighted by atomic mass is 16.8. The molecule has 2 saturated heterocycles. The molecule has 3 rings (SSSR count). The zero-order valence-electron chi connectivity index (χ0n) is 11.4. The molecule has 4 atom stereocenters. The Labute approximate surface area is 111 Å². The van der Waals surface area contributed by atoms with Gasteiger partial charge in [-0.3, -0.25) is 0 Å². The molecule has 8 heteroatoms. The van der Waals surface area contributed by atoms with Gasteiger partial charge in [-0.05, 0) is 31.2 Å². The molecule has 3 heterocycles. The molecule has 0 saturated carbocycles. The van der Waals surface area contributed by atoms with Gasteiger partial charge in [-0.2, -0.15) is 0 Å². The molecule has 2 aliphatic heterocycles. The van der Waals surface area contributed by atoms with E-state index < -0.39 is 12.1 Å². The van der Waals surface area contributed by atoms with Crippen molar-refractivity contribution in [2.75, 3.05) is 7.11 Å². The highest BCUT2D eigenvalue weighted by Crippen LogP contribution is 2.44. The predicted octanol–water partition coefficient (Wildman–Crippen LogP) is 0.257. The molecule has 1 aromatic heterocycles. The molecular formula is C11H18N4O4. The van der Waals surface area contributed by atoms with Gasteiger partial charge in [0.05, 0.1) is 0 Å². The lowest BCUT2D eigenvalue weighted by Crippen LogP contribution is -2.30. The van der Waals surface area contributed by atoms with Crippen LogP contribution in [0, 0.1) is 0 Å². The van der Waals surface area contributed by atoms with Gasteiger partial charge in [0.2, 0.25) is 0 Å². The molecule has 2 aliphatic rings. The van der Waals surface area contributed by atoms with E-state index in [1.165, 1.54) is 0 Å². The number of hydrogen-bond donors (Lipinski definition) is 0. The van der Waals surface area contributed by atoms with E-state index >= 15 is 0 Å². The summed E-state index contributed by atoms with van der Waals surface area (Å²) in [5.74, 6) is -0.0168. The van der Waals surface area contributed by atoms with Crippen molar-refractivity contribution in [2.45, 2.75) is 57.7 Å². The number of fused-ring (bicyclic) bond motifs is 1. The largest absolute Gasteiger partial charge is 0.353 e. The maximum atomic E-state index is 5.90. The zero-order chi connectivity index (χ0) is 13.6. The fraction of sp³-hybridized carbons (Fsp3) is 0.909. The van der Waals surface area contributed by atoms with Crippen LogP contribution in [-0.4, -0.2) is 51.6 Å². The summed E-state index contributed by atoms with van der Waals surface area (Å²) >= 11 is 0. The van der Waals surface area contributed by atoms with Gasteiger partial charge in [-0.25, -0.2) is 4.68 Å². The van der Waals surface area contributed by atoms with Gasteiger partial charge in [-0.15, -0.1) is 5.10 Å². The monoisotopic (exact) mass is 270 g/mol. The van der Waals surface area contributed by atoms with Crippen LogP contribution in [0.25, 0.3) is 0 Å². The third kappa shape index (κ3) is 2.04. The van der Waals surface area contributed by atoms with Gasteiger partial charge in [0.15, 0.2) is 24.0 Å². The van der Waals surface area contributed by atoms with Crippen LogP contribution in [0.3, 0.4) is 0 Å². The van der Waals surface area contributed by atoms with E-state index in [0.29, 0.717) is 12.4 Å². The molecule has 0 spiro atoms. The standard InChI is InChI=1S/C11H18N4O4/c1-5-15-9(12-13-14-15)7-6-8(10(16-4)17-7)19-11(2,3)18-6/h6-8,10H,5H2,1-4H3/t6-,7+,8-,10-/m1/s1. The Morgan fingerprint density at radius 3 is 2.74 bits per heavy atom. The van der Waals surface area contributed by atoms with E-state index in [0.717, 1.165) is 0 Å². The molecule has 0 aromatic carbocycles. The molecule has 1 aromatic rings. The Balaban J connectivity index is 1.91. The lowest BCUT2D eigenvalue weighted by molar-refractivity contribution is -0.229. The van der Waals surface area contributed by atoms with Crippen molar-refractivity contribution in [2.24, 2.45) is 0 Å². The Bertz CT molecular complexity index is 463. The second-order valence-corrected chi connectivity index (χ2v) is 5.08. The first-order chi connectivity index (χ1) is 9.05. The molecule has 0 radical (unpaired) electrons. The van der Waals surface area contributed by atoms with Crippen LogP contribution in [0.1, 0.15) is 32.7 Å². The topological polar surface area (TPSA) is 80.5 Å². The number of methoxy groups -OCH3 is 1. The predicted molar refractivity (Wildman–Crippen MR) is 61.9 cm³/mol. The highest BCUT2D eigenvalue weighted by molar-refractivity contribution is 5.03. The normalized spacial score (nSPS) is 36.6. The lowest BCUT2D eigenvalue weighted by Gasteiger charge is -2.23. The van der Waals surface area contributed by atoms with Gasteiger partial charge < -0.3 is 18.9 Å². The zero-order valence-corrected chi connectivity index (χ0v) is 11.4. The third-order valence-corrected chi connectivity index (χ3v) is 3.36. The minimum atomic E-state index is -0.654. The van der Waals surface area contributed by atoms with Crippen LogP contribution in [0.2, 0.25) is 0 Å².